The molecule has 10 nitrogen and oxygen atoms in total. The molecular weight excluding hydrogens is 572 g/mol. The molecule has 0 aliphatic carbocycles. The molecule has 242 valence electrons. The van der Waals surface area contributed by atoms with Crippen LogP contribution in [0.25, 0.3) is 0 Å². The van der Waals surface area contributed by atoms with Crippen molar-refractivity contribution in [3.05, 3.63) is 98.7 Å². The number of rotatable bonds is 12. The molecule has 0 spiro atoms. The van der Waals surface area contributed by atoms with Crippen LogP contribution in [0.1, 0.15) is 97.4 Å². The predicted molar refractivity (Wildman–Crippen MR) is 173 cm³/mol. The summed E-state index contributed by atoms with van der Waals surface area (Å²) < 4.78 is 12.2. The first kappa shape index (κ1) is 35.0. The van der Waals surface area contributed by atoms with Crippen molar-refractivity contribution in [3.8, 4) is 0 Å². The number of nitrogens with one attached hydrogen (secondary N) is 1. The minimum absolute atomic E-state index is 0.0684. The Morgan fingerprint density at radius 1 is 1.00 bits per heavy atom. The van der Waals surface area contributed by atoms with Crippen LogP contribution in [0.15, 0.2) is 59.4 Å². The largest absolute Gasteiger partial charge is 0.461 e. The summed E-state index contributed by atoms with van der Waals surface area (Å²) in [6, 6.07) is 16.1. The van der Waals surface area contributed by atoms with Gasteiger partial charge in [0.2, 0.25) is 0 Å². The summed E-state index contributed by atoms with van der Waals surface area (Å²) in [6.07, 6.45) is -0.144. The summed E-state index contributed by atoms with van der Waals surface area (Å²) in [5, 5.41) is 2.76. The minimum Gasteiger partial charge on any atom is -0.461 e. The van der Waals surface area contributed by atoms with Crippen molar-refractivity contribution in [2.45, 2.75) is 80.0 Å². The van der Waals surface area contributed by atoms with E-state index >= 15 is 0 Å². The van der Waals surface area contributed by atoms with E-state index in [4.69, 9.17) is 14.5 Å². The molecule has 0 radical (unpaired) electrons. The van der Waals surface area contributed by atoms with Gasteiger partial charge in [0.1, 0.15) is 11.4 Å². The Hall–Kier alpha value is -4.47. The van der Waals surface area contributed by atoms with Crippen molar-refractivity contribution in [1.29, 1.82) is 0 Å². The van der Waals surface area contributed by atoms with Gasteiger partial charge in [-0.1, -0.05) is 61.9 Å². The molecule has 1 aromatic heterocycles. The molecule has 0 saturated heterocycles. The van der Waals surface area contributed by atoms with Gasteiger partial charge in [-0.25, -0.2) is 14.6 Å². The molecule has 0 fully saturated rings. The number of ether oxygens (including phenoxy) is 2. The van der Waals surface area contributed by atoms with Gasteiger partial charge in [-0.05, 0) is 71.6 Å². The van der Waals surface area contributed by atoms with Crippen LogP contribution in [-0.2, 0) is 16.0 Å². The first-order valence-corrected chi connectivity index (χ1v) is 15.4. The molecule has 1 unspecified atom stereocenters. The summed E-state index contributed by atoms with van der Waals surface area (Å²) in [6.45, 7) is 15.3. The highest BCUT2D eigenvalue weighted by atomic mass is 16.6. The highest BCUT2D eigenvalue weighted by Crippen LogP contribution is 2.30. The van der Waals surface area contributed by atoms with E-state index in [0.29, 0.717) is 12.0 Å². The number of amides is 2. The Kier molecular flexibility index (Phi) is 12.1. The zero-order valence-corrected chi connectivity index (χ0v) is 27.7. The van der Waals surface area contributed by atoms with E-state index in [0.717, 1.165) is 11.1 Å². The van der Waals surface area contributed by atoms with Gasteiger partial charge in [-0.2, -0.15) is 0 Å². The number of aryl methyl sites for hydroxylation is 1. The molecule has 2 aromatic carbocycles. The minimum atomic E-state index is -0.703. The number of benzene rings is 2. The number of esters is 1. The van der Waals surface area contributed by atoms with E-state index in [1.54, 1.807) is 56.2 Å². The first-order valence-electron chi connectivity index (χ1n) is 15.4. The third kappa shape index (κ3) is 9.51. The second-order valence-corrected chi connectivity index (χ2v) is 12.4. The van der Waals surface area contributed by atoms with Gasteiger partial charge in [-0.3, -0.25) is 14.2 Å². The molecule has 1 atom stereocenters. The van der Waals surface area contributed by atoms with Gasteiger partial charge in [0, 0.05) is 24.2 Å². The van der Waals surface area contributed by atoms with Crippen LogP contribution in [0.2, 0.25) is 0 Å². The smallest absolute Gasteiger partial charge is 0.407 e. The number of alkyl carbamates (subject to hydrolysis) is 1. The maximum atomic E-state index is 14.2. The number of carbonyl (C=O) groups is 3. The van der Waals surface area contributed by atoms with Crippen molar-refractivity contribution in [1.82, 2.24) is 19.8 Å². The van der Waals surface area contributed by atoms with Gasteiger partial charge in [0.15, 0.2) is 5.69 Å². The summed E-state index contributed by atoms with van der Waals surface area (Å²) in [5.41, 5.74) is 1.43. The Morgan fingerprint density at radius 2 is 1.64 bits per heavy atom. The highest BCUT2D eigenvalue weighted by molar-refractivity contribution is 5.94. The zero-order chi connectivity index (χ0) is 33.3. The average Bonchev–Trinajstić information content (AvgIpc) is 2.97. The zero-order valence-electron chi connectivity index (χ0n) is 27.7. The van der Waals surface area contributed by atoms with Crippen LogP contribution in [-0.4, -0.2) is 57.7 Å². The lowest BCUT2D eigenvalue weighted by Crippen LogP contribution is -2.43. The molecule has 0 bridgehead atoms. The number of hydrogen-bond donors (Lipinski definition) is 1. The molecule has 0 saturated carbocycles. The van der Waals surface area contributed by atoms with Crippen LogP contribution >= 0.6 is 0 Å². The van der Waals surface area contributed by atoms with Crippen molar-refractivity contribution < 1.29 is 23.9 Å². The van der Waals surface area contributed by atoms with Crippen molar-refractivity contribution >= 4 is 18.0 Å². The lowest BCUT2D eigenvalue weighted by atomic mass is 9.98. The standard InChI is InChI=1S/C35H46N4O6/c1-9-44-33(42)28-25(5)31(40)39(22-26-14-11-10-12-15-26)30(37-28)29(23(2)3)38(32(41)27-18-16-24(4)17-19-27)21-13-20-36-34(43)45-35(6,7)8/h10-12,14-19,23,29H,9,13,20-22H2,1-8H3,(H,36,43). The van der Waals surface area contributed by atoms with E-state index in [-0.39, 0.29) is 60.7 Å². The van der Waals surface area contributed by atoms with Crippen LogP contribution in [0, 0.1) is 19.8 Å². The van der Waals surface area contributed by atoms with Crippen molar-refractivity contribution in [2.75, 3.05) is 19.7 Å². The Bertz CT molecular complexity index is 1520. The van der Waals surface area contributed by atoms with E-state index < -0.39 is 23.7 Å². The molecule has 3 rings (SSSR count). The van der Waals surface area contributed by atoms with E-state index in [9.17, 15) is 19.2 Å². The van der Waals surface area contributed by atoms with E-state index in [1.165, 1.54) is 0 Å². The Balaban J connectivity index is 2.14. The van der Waals surface area contributed by atoms with E-state index in [1.807, 2.05) is 63.2 Å². The maximum Gasteiger partial charge on any atom is 0.407 e. The van der Waals surface area contributed by atoms with Gasteiger partial charge in [-0.15, -0.1) is 0 Å². The predicted octanol–water partition coefficient (Wildman–Crippen LogP) is 5.84. The normalized spacial score (nSPS) is 12.0. The second kappa shape index (κ2) is 15.5. The molecule has 1 N–H and O–H groups in total. The SMILES string of the molecule is CCOC(=O)c1nc(C(C(C)C)N(CCCNC(=O)OC(C)(C)C)C(=O)c2ccc(C)cc2)n(Cc2ccccc2)c(=O)c1C. The van der Waals surface area contributed by atoms with E-state index in [2.05, 4.69) is 5.32 Å². The van der Waals surface area contributed by atoms with Gasteiger partial charge in [0.25, 0.3) is 11.5 Å². The molecular formula is C35H46N4O6. The third-order valence-corrected chi connectivity index (χ3v) is 7.11. The molecule has 0 aliphatic heterocycles. The van der Waals surface area contributed by atoms with Crippen molar-refractivity contribution in [2.24, 2.45) is 5.92 Å². The van der Waals surface area contributed by atoms with Crippen LogP contribution < -0.4 is 10.9 Å². The topological polar surface area (TPSA) is 120 Å². The fraction of sp³-hybridized carbons (Fsp3) is 0.457. The van der Waals surface area contributed by atoms with Gasteiger partial charge >= 0.3 is 12.1 Å². The average molecular weight is 619 g/mol. The quantitative estimate of drug-likeness (QED) is 0.200. The first-order chi connectivity index (χ1) is 21.2. The number of carbonyl (C=O) groups excluding carboxylic acids is 3. The van der Waals surface area contributed by atoms with Crippen LogP contribution in [0.3, 0.4) is 0 Å². The lowest BCUT2D eigenvalue weighted by Gasteiger charge is -2.36. The molecule has 10 heteroatoms. The summed E-state index contributed by atoms with van der Waals surface area (Å²) in [4.78, 5) is 59.9. The van der Waals surface area contributed by atoms with Crippen LogP contribution in [0.5, 0.6) is 0 Å². The number of aromatic nitrogens is 2. The fourth-order valence-corrected chi connectivity index (χ4v) is 4.99. The maximum absolute atomic E-state index is 14.2. The Labute approximate surface area is 265 Å². The number of nitrogens with zero attached hydrogens (tertiary/aromatic N) is 3. The molecule has 1 heterocycles. The molecule has 3 aromatic rings. The molecule has 45 heavy (non-hydrogen) atoms. The highest BCUT2D eigenvalue weighted by Gasteiger charge is 2.34. The van der Waals surface area contributed by atoms with Crippen LogP contribution in [0.4, 0.5) is 4.79 Å². The number of hydrogen-bond acceptors (Lipinski definition) is 7. The molecule has 2 amide bonds. The summed E-state index contributed by atoms with van der Waals surface area (Å²) in [7, 11) is 0. The lowest BCUT2D eigenvalue weighted by molar-refractivity contribution is 0.0511. The molecule has 0 aliphatic rings. The third-order valence-electron chi connectivity index (χ3n) is 7.11. The fourth-order valence-electron chi connectivity index (χ4n) is 4.99. The Morgan fingerprint density at radius 3 is 2.22 bits per heavy atom. The summed E-state index contributed by atoms with van der Waals surface area (Å²) >= 11 is 0. The van der Waals surface area contributed by atoms with Crippen molar-refractivity contribution in [3.63, 3.8) is 0 Å². The second-order valence-electron chi connectivity index (χ2n) is 12.4. The van der Waals surface area contributed by atoms with Gasteiger partial charge < -0.3 is 19.7 Å². The monoisotopic (exact) mass is 618 g/mol. The van der Waals surface area contributed by atoms with Gasteiger partial charge in [0.05, 0.1) is 19.2 Å². The summed E-state index contributed by atoms with van der Waals surface area (Å²) in [5.74, 6) is -0.886.